The van der Waals surface area contributed by atoms with Gasteiger partial charge in [-0.05, 0) is 56.6 Å². The average Bonchev–Trinajstić information content (AvgIpc) is 2.57. The summed E-state index contributed by atoms with van der Waals surface area (Å²) in [5.41, 5.74) is 0.648. The Morgan fingerprint density at radius 2 is 1.83 bits per heavy atom. The van der Waals surface area contributed by atoms with Crippen molar-refractivity contribution in [3.8, 4) is 11.8 Å². The number of hydrogen-bond acceptors (Lipinski definition) is 4. The highest BCUT2D eigenvalue weighted by molar-refractivity contribution is 7.84. The zero-order chi connectivity index (χ0) is 16.9. The topological polar surface area (TPSA) is 53.3 Å². The van der Waals surface area contributed by atoms with Crippen molar-refractivity contribution in [2.75, 3.05) is 37.7 Å². The van der Waals surface area contributed by atoms with Crippen LogP contribution in [0.2, 0.25) is 0 Å². The van der Waals surface area contributed by atoms with Crippen molar-refractivity contribution in [1.82, 2.24) is 4.90 Å². The van der Waals surface area contributed by atoms with E-state index in [0.717, 1.165) is 56.2 Å². The van der Waals surface area contributed by atoms with Crippen molar-refractivity contribution < 1.29 is 8.95 Å². The molecule has 1 rings (SSSR count). The molecule has 1 unspecified atom stereocenters. The molecule has 0 saturated carbocycles. The molecule has 0 saturated heterocycles. The molecule has 1 aromatic carbocycles. The molecule has 0 radical (unpaired) electrons. The van der Waals surface area contributed by atoms with Crippen LogP contribution in [-0.2, 0) is 10.8 Å². The van der Waals surface area contributed by atoms with Crippen LogP contribution in [0.1, 0.15) is 38.7 Å². The van der Waals surface area contributed by atoms with Crippen molar-refractivity contribution in [2.45, 2.75) is 33.1 Å². The molecule has 23 heavy (non-hydrogen) atoms. The van der Waals surface area contributed by atoms with E-state index in [0.29, 0.717) is 12.2 Å². The van der Waals surface area contributed by atoms with Gasteiger partial charge < -0.3 is 9.64 Å². The summed E-state index contributed by atoms with van der Waals surface area (Å²) in [5.74, 6) is 2.44. The molecule has 1 aromatic rings. The van der Waals surface area contributed by atoms with E-state index < -0.39 is 10.8 Å². The molecule has 0 aliphatic carbocycles. The third kappa shape index (κ3) is 8.73. The molecule has 0 bridgehead atoms. The van der Waals surface area contributed by atoms with Gasteiger partial charge in [0.2, 0.25) is 0 Å². The Morgan fingerprint density at radius 1 is 1.13 bits per heavy atom. The number of nitriles is 1. The maximum absolute atomic E-state index is 11.6. The maximum atomic E-state index is 11.6. The Labute approximate surface area is 142 Å². The van der Waals surface area contributed by atoms with Gasteiger partial charge in [-0.3, -0.25) is 4.21 Å². The van der Waals surface area contributed by atoms with Crippen LogP contribution in [0.4, 0.5) is 0 Å². The Balaban J connectivity index is 2.16. The summed E-state index contributed by atoms with van der Waals surface area (Å²) in [4.78, 5) is 2.38. The van der Waals surface area contributed by atoms with E-state index in [4.69, 9.17) is 10.00 Å². The zero-order valence-electron chi connectivity index (χ0n) is 14.3. The van der Waals surface area contributed by atoms with Crippen LogP contribution in [0.15, 0.2) is 24.3 Å². The molecular weight excluding hydrogens is 308 g/mol. The number of rotatable bonds is 12. The summed E-state index contributed by atoms with van der Waals surface area (Å²) in [7, 11) is -0.648. The maximum Gasteiger partial charge on any atom is 0.119 e. The highest BCUT2D eigenvalue weighted by Gasteiger charge is 2.04. The molecule has 1 atom stereocenters. The van der Waals surface area contributed by atoms with Crippen molar-refractivity contribution in [3.05, 3.63) is 29.8 Å². The molecule has 0 spiro atoms. The minimum atomic E-state index is -0.648. The van der Waals surface area contributed by atoms with Gasteiger partial charge in [0.1, 0.15) is 5.75 Å². The van der Waals surface area contributed by atoms with Gasteiger partial charge in [-0.25, -0.2) is 0 Å². The van der Waals surface area contributed by atoms with Crippen LogP contribution < -0.4 is 4.74 Å². The molecule has 128 valence electrons. The van der Waals surface area contributed by atoms with Crippen LogP contribution >= 0.6 is 0 Å². The van der Waals surface area contributed by atoms with Gasteiger partial charge in [0.25, 0.3) is 0 Å². The molecule has 0 fully saturated rings. The lowest BCUT2D eigenvalue weighted by atomic mass is 10.2. The SMILES string of the molecule is CCCS(=O)CCCN(CC)CCCOc1ccc(C#N)cc1. The molecular formula is C18H28N2O2S. The van der Waals surface area contributed by atoms with Crippen molar-refractivity contribution in [1.29, 1.82) is 5.26 Å². The first-order valence-corrected chi connectivity index (χ1v) is 9.88. The molecule has 5 heteroatoms. The second kappa shape index (κ2) is 12.1. The Hall–Kier alpha value is -1.38. The lowest BCUT2D eigenvalue weighted by Crippen LogP contribution is -2.27. The lowest BCUT2D eigenvalue weighted by molar-refractivity contribution is 0.242. The van der Waals surface area contributed by atoms with E-state index in [9.17, 15) is 4.21 Å². The number of benzene rings is 1. The number of nitrogens with zero attached hydrogens (tertiary/aromatic N) is 2. The Kier molecular flexibility index (Phi) is 10.3. The second-order valence-electron chi connectivity index (χ2n) is 5.47. The van der Waals surface area contributed by atoms with Crippen LogP contribution in [0.5, 0.6) is 5.75 Å². The minimum absolute atomic E-state index is 0.648. The summed E-state index contributed by atoms with van der Waals surface area (Å²) in [6.07, 6.45) is 2.96. The normalized spacial score (nSPS) is 12.1. The molecule has 0 heterocycles. The molecule has 0 aliphatic heterocycles. The number of hydrogen-bond donors (Lipinski definition) is 0. The third-order valence-corrected chi connectivity index (χ3v) is 5.20. The lowest BCUT2D eigenvalue weighted by Gasteiger charge is -2.20. The van der Waals surface area contributed by atoms with Crippen LogP contribution in [0.25, 0.3) is 0 Å². The van der Waals surface area contributed by atoms with E-state index in [2.05, 4.69) is 24.8 Å². The first-order chi connectivity index (χ1) is 11.2. The predicted octanol–water partition coefficient (Wildman–Crippen LogP) is 3.20. The number of ether oxygens (including phenoxy) is 1. The van der Waals surface area contributed by atoms with Crippen LogP contribution in [0, 0.1) is 11.3 Å². The van der Waals surface area contributed by atoms with E-state index in [1.807, 2.05) is 12.1 Å². The first-order valence-electron chi connectivity index (χ1n) is 8.39. The van der Waals surface area contributed by atoms with Gasteiger partial charge >= 0.3 is 0 Å². The molecule has 0 N–H and O–H groups in total. The van der Waals surface area contributed by atoms with E-state index in [1.165, 1.54) is 0 Å². The van der Waals surface area contributed by atoms with E-state index >= 15 is 0 Å². The zero-order valence-corrected chi connectivity index (χ0v) is 15.1. The minimum Gasteiger partial charge on any atom is -0.494 e. The fourth-order valence-electron chi connectivity index (χ4n) is 2.31. The first kappa shape index (κ1) is 19.7. The van der Waals surface area contributed by atoms with E-state index in [-0.39, 0.29) is 0 Å². The molecule has 0 aliphatic rings. The highest BCUT2D eigenvalue weighted by atomic mass is 32.2. The Morgan fingerprint density at radius 3 is 2.43 bits per heavy atom. The predicted molar refractivity (Wildman–Crippen MR) is 96.2 cm³/mol. The van der Waals surface area contributed by atoms with Gasteiger partial charge in [-0.2, -0.15) is 5.26 Å². The van der Waals surface area contributed by atoms with Gasteiger partial charge in [0.15, 0.2) is 0 Å². The molecule has 0 amide bonds. The summed E-state index contributed by atoms with van der Waals surface area (Å²) < 4.78 is 17.3. The quantitative estimate of drug-likeness (QED) is 0.550. The fraction of sp³-hybridized carbons (Fsp3) is 0.611. The Bertz CT molecular complexity index is 497. The summed E-state index contributed by atoms with van der Waals surface area (Å²) in [5, 5.41) is 8.75. The van der Waals surface area contributed by atoms with Crippen molar-refractivity contribution >= 4 is 10.8 Å². The standard InChI is InChI=1S/C18H28N2O2S/c1-3-14-23(21)15-6-12-20(4-2)11-5-13-22-18-9-7-17(16-19)8-10-18/h7-10H,3-6,11-15H2,1-2H3. The smallest absolute Gasteiger partial charge is 0.119 e. The van der Waals surface area contributed by atoms with Gasteiger partial charge in [0.05, 0.1) is 18.2 Å². The van der Waals surface area contributed by atoms with Gasteiger partial charge in [0, 0.05) is 28.9 Å². The highest BCUT2D eigenvalue weighted by Crippen LogP contribution is 2.11. The fourth-order valence-corrected chi connectivity index (χ4v) is 3.42. The van der Waals surface area contributed by atoms with Gasteiger partial charge in [-0.1, -0.05) is 13.8 Å². The molecule has 4 nitrogen and oxygen atoms in total. The third-order valence-electron chi connectivity index (χ3n) is 3.60. The van der Waals surface area contributed by atoms with Crippen molar-refractivity contribution in [3.63, 3.8) is 0 Å². The second-order valence-corrected chi connectivity index (χ2v) is 7.17. The summed E-state index contributed by atoms with van der Waals surface area (Å²) >= 11 is 0. The molecule has 0 aromatic heterocycles. The van der Waals surface area contributed by atoms with Crippen LogP contribution in [0.3, 0.4) is 0 Å². The van der Waals surface area contributed by atoms with Gasteiger partial charge in [-0.15, -0.1) is 0 Å². The summed E-state index contributed by atoms with van der Waals surface area (Å²) in [6.45, 7) is 7.91. The van der Waals surface area contributed by atoms with E-state index in [1.54, 1.807) is 12.1 Å². The average molecular weight is 337 g/mol. The largest absolute Gasteiger partial charge is 0.494 e. The van der Waals surface area contributed by atoms with Crippen molar-refractivity contribution in [2.24, 2.45) is 0 Å². The summed E-state index contributed by atoms with van der Waals surface area (Å²) in [6, 6.07) is 9.30. The monoisotopic (exact) mass is 336 g/mol. The van der Waals surface area contributed by atoms with Crippen LogP contribution in [-0.4, -0.2) is 46.9 Å².